The van der Waals surface area contributed by atoms with Crippen LogP contribution in [0.25, 0.3) is 0 Å². The molecule has 1 unspecified atom stereocenters. The first-order valence-electron chi connectivity index (χ1n) is 11.3. The third-order valence-corrected chi connectivity index (χ3v) is 6.27. The average molecular weight is 529 g/mol. The first-order chi connectivity index (χ1) is 17.0. The molecule has 1 aromatic heterocycles. The zero-order valence-corrected chi connectivity index (χ0v) is 21.0. The SMILES string of the molecule is Cc1c(Oc2ccc(CCOP(=O)(O)OC(C)C)cc2F)ncnc1OC1CCN(OC(=O)O)CC1. The molecule has 2 N–H and O–H groups in total. The van der Waals surface area contributed by atoms with E-state index in [9.17, 15) is 18.6 Å². The second-order valence-electron chi connectivity index (χ2n) is 8.29. The lowest BCUT2D eigenvalue weighted by Crippen LogP contribution is -2.39. The summed E-state index contributed by atoms with van der Waals surface area (Å²) in [5.41, 5.74) is 1.01. The lowest BCUT2D eigenvalue weighted by molar-refractivity contribution is -0.140. The molecule has 3 rings (SSSR count). The van der Waals surface area contributed by atoms with Gasteiger partial charge in [-0.25, -0.2) is 23.7 Å². The van der Waals surface area contributed by atoms with E-state index in [1.54, 1.807) is 26.8 Å². The lowest BCUT2D eigenvalue weighted by atomic mass is 10.1. The van der Waals surface area contributed by atoms with Gasteiger partial charge in [-0.3, -0.25) is 9.05 Å². The molecule has 0 radical (unpaired) electrons. The molecule has 0 aliphatic carbocycles. The molecule has 1 aliphatic heterocycles. The van der Waals surface area contributed by atoms with Gasteiger partial charge in [-0.1, -0.05) is 6.07 Å². The topological polar surface area (TPSA) is 150 Å². The fraction of sp³-hybridized carbons (Fsp3) is 0.500. The Hall–Kier alpha value is -2.83. The summed E-state index contributed by atoms with van der Waals surface area (Å²) in [6, 6.07) is 4.27. The van der Waals surface area contributed by atoms with Gasteiger partial charge in [0.05, 0.1) is 18.3 Å². The Morgan fingerprint density at radius 2 is 1.94 bits per heavy atom. The summed E-state index contributed by atoms with van der Waals surface area (Å²) < 4.78 is 47.7. The van der Waals surface area contributed by atoms with Gasteiger partial charge in [-0.15, -0.1) is 5.06 Å². The maximum atomic E-state index is 14.7. The highest BCUT2D eigenvalue weighted by molar-refractivity contribution is 7.47. The Kier molecular flexibility index (Phi) is 9.57. The van der Waals surface area contributed by atoms with Crippen molar-refractivity contribution in [2.45, 2.75) is 52.2 Å². The second kappa shape index (κ2) is 12.4. The Balaban J connectivity index is 1.57. The number of carboxylic acid groups (broad SMARTS) is 1. The molecule has 1 fully saturated rings. The summed E-state index contributed by atoms with van der Waals surface area (Å²) in [6.45, 7) is 5.53. The number of aromatic nitrogens is 2. The van der Waals surface area contributed by atoms with Gasteiger partial charge in [-0.2, -0.15) is 0 Å². The van der Waals surface area contributed by atoms with Crippen LogP contribution in [0.15, 0.2) is 24.5 Å². The van der Waals surface area contributed by atoms with Gasteiger partial charge in [0, 0.05) is 25.9 Å². The van der Waals surface area contributed by atoms with Gasteiger partial charge >= 0.3 is 14.0 Å². The Labute approximate surface area is 207 Å². The molecular formula is C22H29FN3O9P. The van der Waals surface area contributed by atoms with Gasteiger partial charge in [0.25, 0.3) is 0 Å². The van der Waals surface area contributed by atoms with E-state index in [0.717, 1.165) is 0 Å². The normalized spacial score (nSPS) is 16.5. The predicted molar refractivity (Wildman–Crippen MR) is 123 cm³/mol. The summed E-state index contributed by atoms with van der Waals surface area (Å²) in [5, 5.41) is 10.1. The molecule has 0 saturated carbocycles. The third-order valence-electron chi connectivity index (χ3n) is 5.07. The number of carbonyl (C=O) groups is 1. The summed E-state index contributed by atoms with van der Waals surface area (Å²) in [7, 11) is -4.16. The Morgan fingerprint density at radius 1 is 1.25 bits per heavy atom. The van der Waals surface area contributed by atoms with Crippen molar-refractivity contribution in [1.29, 1.82) is 0 Å². The lowest BCUT2D eigenvalue weighted by Gasteiger charge is -2.29. The number of nitrogens with zero attached hydrogens (tertiary/aromatic N) is 3. The number of phosphoric ester groups is 1. The van der Waals surface area contributed by atoms with Crippen LogP contribution in [0.1, 0.15) is 37.8 Å². The quantitative estimate of drug-likeness (QED) is 0.401. The van der Waals surface area contributed by atoms with Gasteiger partial charge in [0.15, 0.2) is 11.6 Å². The van der Waals surface area contributed by atoms with Crippen LogP contribution in [-0.4, -0.2) is 63.1 Å². The highest BCUT2D eigenvalue weighted by atomic mass is 31.2. The predicted octanol–water partition coefficient (Wildman–Crippen LogP) is 4.25. The number of benzene rings is 1. The van der Waals surface area contributed by atoms with Crippen molar-refractivity contribution in [2.24, 2.45) is 0 Å². The van der Waals surface area contributed by atoms with E-state index < -0.39 is 25.9 Å². The first-order valence-corrected chi connectivity index (χ1v) is 12.8. The number of phosphoric acid groups is 1. The van der Waals surface area contributed by atoms with E-state index in [1.165, 1.54) is 23.5 Å². The minimum atomic E-state index is -4.16. The zero-order valence-electron chi connectivity index (χ0n) is 20.1. The average Bonchev–Trinajstić information content (AvgIpc) is 2.78. The van der Waals surface area contributed by atoms with Crippen molar-refractivity contribution in [3.63, 3.8) is 0 Å². The van der Waals surface area contributed by atoms with Crippen LogP contribution < -0.4 is 9.47 Å². The number of ether oxygens (including phenoxy) is 2. The fourth-order valence-electron chi connectivity index (χ4n) is 3.41. The number of hydrogen-bond donors (Lipinski definition) is 2. The Bertz CT molecular complexity index is 1100. The molecule has 1 saturated heterocycles. The fourth-order valence-corrected chi connectivity index (χ4v) is 4.33. The first kappa shape index (κ1) is 27.8. The Morgan fingerprint density at radius 3 is 2.58 bits per heavy atom. The number of hydrogen-bond acceptors (Lipinski definition) is 10. The minimum absolute atomic E-state index is 0.0671. The smallest absolute Gasteiger partial charge is 0.474 e. The molecule has 1 aromatic carbocycles. The number of rotatable bonds is 11. The van der Waals surface area contributed by atoms with Gasteiger partial charge in [0.1, 0.15) is 12.4 Å². The summed E-state index contributed by atoms with van der Waals surface area (Å²) >= 11 is 0. The van der Waals surface area contributed by atoms with Crippen molar-refractivity contribution in [3.8, 4) is 17.5 Å². The van der Waals surface area contributed by atoms with E-state index in [-0.39, 0.29) is 36.6 Å². The van der Waals surface area contributed by atoms with E-state index >= 15 is 0 Å². The molecule has 12 nitrogen and oxygen atoms in total. The van der Waals surface area contributed by atoms with E-state index in [0.29, 0.717) is 37.1 Å². The van der Waals surface area contributed by atoms with Crippen LogP contribution in [0.4, 0.5) is 9.18 Å². The molecule has 2 heterocycles. The molecule has 1 aliphatic rings. The maximum absolute atomic E-state index is 14.7. The monoisotopic (exact) mass is 529 g/mol. The second-order valence-corrected chi connectivity index (χ2v) is 9.69. The number of hydroxylamine groups is 2. The third kappa shape index (κ3) is 8.38. The van der Waals surface area contributed by atoms with Crippen LogP contribution >= 0.6 is 7.82 Å². The molecule has 36 heavy (non-hydrogen) atoms. The van der Waals surface area contributed by atoms with Crippen molar-refractivity contribution in [1.82, 2.24) is 15.0 Å². The maximum Gasteiger partial charge on any atom is 0.525 e. The van der Waals surface area contributed by atoms with Crippen LogP contribution in [0.5, 0.6) is 17.5 Å². The summed E-state index contributed by atoms with van der Waals surface area (Å²) in [5.74, 6) is -0.315. The van der Waals surface area contributed by atoms with Crippen molar-refractivity contribution >= 4 is 14.0 Å². The molecule has 198 valence electrons. The zero-order chi connectivity index (χ0) is 26.3. The number of halogens is 1. The summed E-state index contributed by atoms with van der Waals surface area (Å²) in [6.07, 6.45) is 0.448. The largest absolute Gasteiger partial charge is 0.525 e. The molecule has 0 amide bonds. The van der Waals surface area contributed by atoms with Gasteiger partial charge in [-0.05, 0) is 44.9 Å². The van der Waals surface area contributed by atoms with Crippen molar-refractivity contribution < 1.29 is 47.1 Å². The molecule has 1 atom stereocenters. The standard InChI is InChI=1S/C22H29FN3O9P/c1-14(2)35-36(29,30)31-11-8-16-4-5-19(18(23)12-16)33-21-15(3)20(24-13-25-21)32-17-6-9-26(10-7-17)34-22(27)28/h4-5,12-14,17H,6-11H2,1-3H3,(H,27,28)(H,29,30). The molecule has 0 spiro atoms. The molecule has 0 bridgehead atoms. The summed E-state index contributed by atoms with van der Waals surface area (Å²) in [4.78, 5) is 33.1. The van der Waals surface area contributed by atoms with Crippen LogP contribution in [0, 0.1) is 12.7 Å². The molecular weight excluding hydrogens is 500 g/mol. The minimum Gasteiger partial charge on any atom is -0.474 e. The van der Waals surface area contributed by atoms with Gasteiger partial charge in [0.2, 0.25) is 11.8 Å². The van der Waals surface area contributed by atoms with Crippen LogP contribution in [0.3, 0.4) is 0 Å². The van der Waals surface area contributed by atoms with E-state index in [1.807, 2.05) is 0 Å². The van der Waals surface area contributed by atoms with Crippen molar-refractivity contribution in [2.75, 3.05) is 19.7 Å². The van der Waals surface area contributed by atoms with Crippen LogP contribution in [-0.2, 0) is 24.9 Å². The highest BCUT2D eigenvalue weighted by Gasteiger charge is 2.25. The van der Waals surface area contributed by atoms with E-state index in [4.69, 9.17) is 23.6 Å². The number of piperidine rings is 1. The molecule has 14 heteroatoms. The van der Waals surface area contributed by atoms with Gasteiger partial charge < -0.3 is 24.3 Å². The van der Waals surface area contributed by atoms with Crippen molar-refractivity contribution in [3.05, 3.63) is 41.5 Å². The highest BCUT2D eigenvalue weighted by Crippen LogP contribution is 2.44. The van der Waals surface area contributed by atoms with Crippen LogP contribution in [0.2, 0.25) is 0 Å². The molecule has 2 aromatic rings. The van der Waals surface area contributed by atoms with E-state index in [2.05, 4.69) is 14.8 Å².